The highest BCUT2D eigenvalue weighted by Gasteiger charge is 2.54. The monoisotopic (exact) mass is 222 g/mol. The van der Waals surface area contributed by atoms with Gasteiger partial charge in [0.25, 0.3) is 0 Å². The summed E-state index contributed by atoms with van der Waals surface area (Å²) in [6.45, 7) is 0. The molecule has 8 heteroatoms. The highest BCUT2D eigenvalue weighted by molar-refractivity contribution is 5.76. The van der Waals surface area contributed by atoms with Crippen LogP contribution in [-0.4, -0.2) is 57.3 Å². The van der Waals surface area contributed by atoms with Crippen molar-refractivity contribution in [3.05, 3.63) is 0 Å². The molecule has 2 aliphatic rings. The molecule has 0 aromatic carbocycles. The van der Waals surface area contributed by atoms with Gasteiger partial charge in [0, 0.05) is 0 Å². The highest BCUT2D eigenvalue weighted by atomic mass is 17.2. The number of fused-ring (bicyclic) bond motifs is 1. The third-order valence-corrected chi connectivity index (χ3v) is 2.45. The highest BCUT2D eigenvalue weighted by Crippen LogP contribution is 2.32. The topological polar surface area (TPSA) is 126 Å². The quantitative estimate of drug-likeness (QED) is 0.250. The molecule has 0 bridgehead atoms. The van der Waals surface area contributed by atoms with E-state index in [0.717, 1.165) is 0 Å². The lowest BCUT2D eigenvalue weighted by Gasteiger charge is -2.43. The minimum absolute atomic E-state index is 1.08. The van der Waals surface area contributed by atoms with Crippen molar-refractivity contribution in [2.45, 2.75) is 30.9 Å². The Morgan fingerprint density at radius 1 is 1.00 bits per heavy atom. The van der Waals surface area contributed by atoms with E-state index in [2.05, 4.69) is 14.5 Å². The number of carbonyl (C=O) groups is 1. The van der Waals surface area contributed by atoms with E-state index in [9.17, 15) is 25.2 Å². The summed E-state index contributed by atoms with van der Waals surface area (Å²) in [5.41, 5.74) is 0. The van der Waals surface area contributed by atoms with E-state index in [1.54, 1.807) is 0 Å². The summed E-state index contributed by atoms with van der Waals surface area (Å²) in [5, 5.41) is 37.1. The first-order chi connectivity index (χ1) is 7.02. The maximum atomic E-state index is 11.0. The molecule has 15 heavy (non-hydrogen) atoms. The van der Waals surface area contributed by atoms with Crippen molar-refractivity contribution in [2.24, 2.45) is 5.92 Å². The van der Waals surface area contributed by atoms with Crippen molar-refractivity contribution in [3.8, 4) is 0 Å². The molecule has 4 N–H and O–H groups in total. The molecule has 2 saturated heterocycles. The lowest BCUT2D eigenvalue weighted by Crippen LogP contribution is -2.62. The van der Waals surface area contributed by atoms with Gasteiger partial charge in [-0.25, -0.2) is 9.68 Å². The first-order valence-corrected chi connectivity index (χ1v) is 4.27. The van der Waals surface area contributed by atoms with E-state index in [0.29, 0.717) is 0 Å². The second kappa shape index (κ2) is 3.67. The lowest BCUT2D eigenvalue weighted by atomic mass is 9.88. The van der Waals surface area contributed by atoms with Crippen LogP contribution in [0.5, 0.6) is 0 Å². The SMILES string of the molecule is O=C1OC2C(O)OOC(O)C2C(O)C1O. The number of esters is 1. The van der Waals surface area contributed by atoms with E-state index < -0.39 is 42.8 Å². The van der Waals surface area contributed by atoms with Crippen molar-refractivity contribution < 1.29 is 39.7 Å². The van der Waals surface area contributed by atoms with E-state index in [1.807, 2.05) is 0 Å². The summed E-state index contributed by atoms with van der Waals surface area (Å²) in [6, 6.07) is 0. The van der Waals surface area contributed by atoms with E-state index in [-0.39, 0.29) is 0 Å². The number of hydrogen-bond donors (Lipinski definition) is 4. The zero-order valence-electron chi connectivity index (χ0n) is 7.39. The number of rotatable bonds is 0. The van der Waals surface area contributed by atoms with Gasteiger partial charge in [-0.05, 0) is 0 Å². The van der Waals surface area contributed by atoms with Crippen LogP contribution in [0.15, 0.2) is 0 Å². The molecule has 0 saturated carbocycles. The molecule has 0 amide bonds. The fraction of sp³-hybridized carbons (Fsp3) is 0.857. The Kier molecular flexibility index (Phi) is 2.63. The molecule has 86 valence electrons. The standard InChI is InChI=1S/C7H10O8/c8-2-1-4(13-6(11)3(2)9)7(12)15-14-5(1)10/h1-5,7-10,12H. The summed E-state index contributed by atoms with van der Waals surface area (Å²) >= 11 is 0. The van der Waals surface area contributed by atoms with Crippen molar-refractivity contribution in [1.82, 2.24) is 0 Å². The van der Waals surface area contributed by atoms with Crippen LogP contribution < -0.4 is 0 Å². The van der Waals surface area contributed by atoms with Crippen LogP contribution in [0.4, 0.5) is 0 Å². The molecule has 0 aromatic rings. The second-order valence-electron chi connectivity index (χ2n) is 3.39. The lowest BCUT2D eigenvalue weighted by molar-refractivity contribution is -0.487. The minimum Gasteiger partial charge on any atom is -0.454 e. The van der Waals surface area contributed by atoms with Crippen molar-refractivity contribution in [1.29, 1.82) is 0 Å². The molecule has 2 heterocycles. The summed E-state index contributed by atoms with van der Waals surface area (Å²) in [6.07, 6.45) is -7.81. The van der Waals surface area contributed by atoms with Crippen LogP contribution in [0.1, 0.15) is 0 Å². The van der Waals surface area contributed by atoms with Gasteiger partial charge >= 0.3 is 5.97 Å². The van der Waals surface area contributed by atoms with Crippen LogP contribution in [0.2, 0.25) is 0 Å². The third kappa shape index (κ3) is 1.61. The van der Waals surface area contributed by atoms with E-state index >= 15 is 0 Å². The summed E-state index contributed by atoms with van der Waals surface area (Å²) in [7, 11) is 0. The van der Waals surface area contributed by atoms with E-state index in [4.69, 9.17) is 0 Å². The van der Waals surface area contributed by atoms with Crippen LogP contribution in [0, 0.1) is 5.92 Å². The molecule has 2 aliphatic heterocycles. The van der Waals surface area contributed by atoms with Gasteiger partial charge < -0.3 is 25.2 Å². The molecule has 0 aliphatic carbocycles. The smallest absolute Gasteiger partial charge is 0.338 e. The number of hydrogen-bond acceptors (Lipinski definition) is 8. The molecule has 0 spiro atoms. The summed E-state index contributed by atoms with van der Waals surface area (Å²) in [5.74, 6) is -2.23. The minimum atomic E-state index is -1.77. The van der Waals surface area contributed by atoms with Crippen LogP contribution in [-0.2, 0) is 19.3 Å². The maximum absolute atomic E-state index is 11.0. The van der Waals surface area contributed by atoms with Crippen molar-refractivity contribution in [2.75, 3.05) is 0 Å². The van der Waals surface area contributed by atoms with E-state index in [1.165, 1.54) is 0 Å². The maximum Gasteiger partial charge on any atom is 0.338 e. The Morgan fingerprint density at radius 3 is 2.27 bits per heavy atom. The molecular formula is C7H10O8. The molecule has 0 aromatic heterocycles. The number of carbonyl (C=O) groups excluding carboxylic acids is 1. The van der Waals surface area contributed by atoms with Gasteiger partial charge in [0.05, 0.1) is 5.92 Å². The molecule has 6 unspecified atom stereocenters. The summed E-state index contributed by atoms with van der Waals surface area (Å²) < 4.78 is 4.59. The Bertz CT molecular complexity index is 268. The van der Waals surface area contributed by atoms with Crippen LogP contribution in [0.3, 0.4) is 0 Å². The molecular weight excluding hydrogens is 212 g/mol. The van der Waals surface area contributed by atoms with Gasteiger partial charge in [-0.15, -0.1) is 0 Å². The number of ether oxygens (including phenoxy) is 1. The van der Waals surface area contributed by atoms with Crippen LogP contribution in [0.25, 0.3) is 0 Å². The zero-order valence-corrected chi connectivity index (χ0v) is 7.39. The molecule has 2 fully saturated rings. The average Bonchev–Trinajstić information content (AvgIpc) is 2.20. The predicted molar refractivity (Wildman–Crippen MR) is 39.6 cm³/mol. The Balaban J connectivity index is 2.23. The fourth-order valence-corrected chi connectivity index (χ4v) is 1.64. The van der Waals surface area contributed by atoms with Crippen LogP contribution >= 0.6 is 0 Å². The van der Waals surface area contributed by atoms with Gasteiger partial charge in [0.2, 0.25) is 6.29 Å². The van der Waals surface area contributed by atoms with Gasteiger partial charge in [-0.3, -0.25) is 0 Å². The zero-order chi connectivity index (χ0) is 11.2. The van der Waals surface area contributed by atoms with Crippen molar-refractivity contribution >= 4 is 5.97 Å². The molecule has 0 radical (unpaired) electrons. The first kappa shape index (κ1) is 10.7. The molecule has 8 nitrogen and oxygen atoms in total. The molecule has 6 atom stereocenters. The Morgan fingerprint density at radius 2 is 1.60 bits per heavy atom. The predicted octanol–water partition coefficient (Wildman–Crippen LogP) is -3.15. The van der Waals surface area contributed by atoms with Crippen molar-refractivity contribution in [3.63, 3.8) is 0 Å². The fourth-order valence-electron chi connectivity index (χ4n) is 1.64. The summed E-state index contributed by atoms with van der Waals surface area (Å²) in [4.78, 5) is 19.5. The Labute approximate surface area is 83.5 Å². The van der Waals surface area contributed by atoms with Gasteiger partial charge in [-0.1, -0.05) is 0 Å². The largest absolute Gasteiger partial charge is 0.454 e. The molecule has 2 rings (SSSR count). The van der Waals surface area contributed by atoms with Gasteiger partial charge in [0.15, 0.2) is 18.5 Å². The average molecular weight is 222 g/mol. The Hall–Kier alpha value is -0.770. The third-order valence-electron chi connectivity index (χ3n) is 2.45. The number of aliphatic hydroxyl groups excluding tert-OH is 4. The second-order valence-corrected chi connectivity index (χ2v) is 3.39. The first-order valence-electron chi connectivity index (χ1n) is 4.27. The number of aliphatic hydroxyl groups is 4. The normalized spacial score (nSPS) is 50.8. The van der Waals surface area contributed by atoms with Gasteiger partial charge in [0.1, 0.15) is 6.10 Å². The van der Waals surface area contributed by atoms with Gasteiger partial charge in [-0.2, -0.15) is 4.89 Å².